The first-order valence-electron chi connectivity index (χ1n) is 5.84. The first kappa shape index (κ1) is 13.4. The van der Waals surface area contributed by atoms with Crippen molar-refractivity contribution >= 4 is 22.8 Å². The number of aliphatic imine (C=N–C) groups is 1. The van der Waals surface area contributed by atoms with Crippen molar-refractivity contribution < 1.29 is 4.79 Å². The van der Waals surface area contributed by atoms with Crippen LogP contribution in [-0.4, -0.2) is 36.0 Å². The molecule has 1 amide bonds. The predicted octanol–water partition coefficient (Wildman–Crippen LogP) is 1.23. The number of rotatable bonds is 5. The first-order valence-corrected chi connectivity index (χ1v) is 6.82. The molecule has 1 saturated heterocycles. The number of carbonyl (C=O) groups is 1. The molecule has 5 heteroatoms. The Morgan fingerprint density at radius 3 is 3.00 bits per heavy atom. The molecule has 0 aromatic heterocycles. The molecule has 0 aromatic rings. The van der Waals surface area contributed by atoms with E-state index < -0.39 is 0 Å². The van der Waals surface area contributed by atoms with E-state index in [4.69, 9.17) is 0 Å². The van der Waals surface area contributed by atoms with E-state index in [1.807, 2.05) is 6.92 Å². The van der Waals surface area contributed by atoms with Gasteiger partial charge >= 0.3 is 0 Å². The zero-order valence-corrected chi connectivity index (χ0v) is 11.1. The van der Waals surface area contributed by atoms with Crippen LogP contribution in [0.25, 0.3) is 0 Å². The number of amides is 1. The molecule has 1 fully saturated rings. The van der Waals surface area contributed by atoms with E-state index in [1.165, 1.54) is 0 Å². The largest absolute Gasteiger partial charge is 0.361 e. The summed E-state index contributed by atoms with van der Waals surface area (Å²) in [6.07, 6.45) is 0.478. The summed E-state index contributed by atoms with van der Waals surface area (Å²) in [5.74, 6) is 1.79. The average molecular weight is 243 g/mol. The van der Waals surface area contributed by atoms with Gasteiger partial charge in [0.25, 0.3) is 0 Å². The summed E-state index contributed by atoms with van der Waals surface area (Å²) in [4.78, 5) is 15.6. The van der Waals surface area contributed by atoms with Crippen molar-refractivity contribution in [2.45, 2.75) is 33.2 Å². The number of hydrogen-bond donors (Lipinski definition) is 2. The molecule has 92 valence electrons. The third kappa shape index (κ3) is 4.43. The lowest BCUT2D eigenvalue weighted by Crippen LogP contribution is -2.31. The van der Waals surface area contributed by atoms with Gasteiger partial charge in [0, 0.05) is 24.8 Å². The van der Waals surface area contributed by atoms with Crippen LogP contribution in [0.2, 0.25) is 0 Å². The number of nitrogens with zero attached hydrogens (tertiary/aromatic N) is 1. The highest BCUT2D eigenvalue weighted by atomic mass is 32.2. The van der Waals surface area contributed by atoms with Crippen molar-refractivity contribution in [2.75, 3.05) is 18.8 Å². The van der Waals surface area contributed by atoms with Gasteiger partial charge in [-0.3, -0.25) is 9.79 Å². The van der Waals surface area contributed by atoms with E-state index in [9.17, 15) is 4.79 Å². The van der Waals surface area contributed by atoms with E-state index >= 15 is 0 Å². The summed E-state index contributed by atoms with van der Waals surface area (Å²) >= 11 is 1.75. The molecule has 2 N–H and O–H groups in total. The SMILES string of the molecule is CCNC(=O)CCN=C1NC(C(C)C)CS1. The highest BCUT2D eigenvalue weighted by Gasteiger charge is 2.22. The van der Waals surface area contributed by atoms with Gasteiger partial charge in [-0.05, 0) is 12.8 Å². The molecule has 1 aliphatic heterocycles. The predicted molar refractivity (Wildman–Crippen MR) is 69.8 cm³/mol. The van der Waals surface area contributed by atoms with E-state index in [0.29, 0.717) is 31.5 Å². The molecule has 0 aromatic carbocycles. The Hall–Kier alpha value is -0.710. The molecule has 0 saturated carbocycles. The molecular weight excluding hydrogens is 222 g/mol. The standard InChI is InChI=1S/C11H21N3OS/c1-4-12-10(15)5-6-13-11-14-9(7-16-11)8(2)3/h8-9H,4-7H2,1-3H3,(H,12,15)(H,13,14). The van der Waals surface area contributed by atoms with Crippen LogP contribution in [0.1, 0.15) is 27.2 Å². The van der Waals surface area contributed by atoms with Crippen LogP contribution < -0.4 is 10.6 Å². The van der Waals surface area contributed by atoms with Gasteiger partial charge in [-0.15, -0.1) is 0 Å². The lowest BCUT2D eigenvalue weighted by molar-refractivity contribution is -0.120. The molecule has 1 atom stereocenters. The lowest BCUT2D eigenvalue weighted by atomic mass is 10.1. The molecule has 0 aliphatic carbocycles. The maximum absolute atomic E-state index is 11.2. The fraction of sp³-hybridized carbons (Fsp3) is 0.818. The number of thioether (sulfide) groups is 1. The first-order chi connectivity index (χ1) is 7.63. The Kier molecular flexibility index (Phi) is 5.66. The van der Waals surface area contributed by atoms with Crippen LogP contribution in [0.4, 0.5) is 0 Å². The second kappa shape index (κ2) is 6.78. The number of carbonyl (C=O) groups excluding carboxylic acids is 1. The van der Waals surface area contributed by atoms with E-state index in [1.54, 1.807) is 11.8 Å². The molecule has 4 nitrogen and oxygen atoms in total. The highest BCUT2D eigenvalue weighted by molar-refractivity contribution is 8.14. The normalized spacial score (nSPS) is 22.5. The van der Waals surface area contributed by atoms with Gasteiger partial charge in [-0.2, -0.15) is 0 Å². The maximum atomic E-state index is 11.2. The molecule has 0 bridgehead atoms. The van der Waals surface area contributed by atoms with Gasteiger partial charge in [0.1, 0.15) is 0 Å². The fourth-order valence-electron chi connectivity index (χ4n) is 1.41. The molecule has 16 heavy (non-hydrogen) atoms. The van der Waals surface area contributed by atoms with Gasteiger partial charge in [-0.1, -0.05) is 25.6 Å². The van der Waals surface area contributed by atoms with Crippen LogP contribution in [-0.2, 0) is 4.79 Å². The summed E-state index contributed by atoms with van der Waals surface area (Å²) < 4.78 is 0. The minimum Gasteiger partial charge on any atom is -0.361 e. The summed E-state index contributed by atoms with van der Waals surface area (Å²) in [5, 5.41) is 7.13. The Labute approximate surface area is 102 Å². The zero-order valence-electron chi connectivity index (χ0n) is 10.2. The Bertz CT molecular complexity index is 266. The van der Waals surface area contributed by atoms with Crippen molar-refractivity contribution in [3.8, 4) is 0 Å². The summed E-state index contributed by atoms with van der Waals surface area (Å²) in [6, 6.07) is 0.521. The molecule has 1 rings (SSSR count). The Balaban J connectivity index is 2.24. The van der Waals surface area contributed by atoms with E-state index in [-0.39, 0.29) is 5.91 Å². The zero-order chi connectivity index (χ0) is 12.0. The molecule has 1 unspecified atom stereocenters. The average Bonchev–Trinajstić information content (AvgIpc) is 2.67. The second-order valence-electron chi connectivity index (χ2n) is 4.20. The van der Waals surface area contributed by atoms with E-state index in [2.05, 4.69) is 29.5 Å². The van der Waals surface area contributed by atoms with Crippen LogP contribution in [0.5, 0.6) is 0 Å². The number of hydrogen-bond acceptors (Lipinski definition) is 3. The second-order valence-corrected chi connectivity index (χ2v) is 5.20. The molecule has 0 spiro atoms. The maximum Gasteiger partial charge on any atom is 0.221 e. The highest BCUT2D eigenvalue weighted by Crippen LogP contribution is 2.18. The van der Waals surface area contributed by atoms with Crippen molar-refractivity contribution in [1.29, 1.82) is 0 Å². The summed E-state index contributed by atoms with van der Waals surface area (Å²) in [7, 11) is 0. The molecule has 1 aliphatic rings. The Morgan fingerprint density at radius 1 is 1.69 bits per heavy atom. The van der Waals surface area contributed by atoms with Crippen LogP contribution >= 0.6 is 11.8 Å². The van der Waals surface area contributed by atoms with Crippen LogP contribution in [0.15, 0.2) is 4.99 Å². The quantitative estimate of drug-likeness (QED) is 0.763. The Morgan fingerprint density at radius 2 is 2.44 bits per heavy atom. The van der Waals surface area contributed by atoms with E-state index in [0.717, 1.165) is 10.9 Å². The van der Waals surface area contributed by atoms with Crippen LogP contribution in [0.3, 0.4) is 0 Å². The monoisotopic (exact) mass is 243 g/mol. The van der Waals surface area contributed by atoms with Gasteiger partial charge < -0.3 is 10.6 Å². The molecule has 1 heterocycles. The van der Waals surface area contributed by atoms with Gasteiger partial charge in [0.15, 0.2) is 5.17 Å². The number of amidine groups is 1. The van der Waals surface area contributed by atoms with Crippen molar-refractivity contribution in [2.24, 2.45) is 10.9 Å². The smallest absolute Gasteiger partial charge is 0.221 e. The summed E-state index contributed by atoms with van der Waals surface area (Å²) in [6.45, 7) is 7.60. The van der Waals surface area contributed by atoms with Crippen molar-refractivity contribution in [1.82, 2.24) is 10.6 Å². The summed E-state index contributed by atoms with van der Waals surface area (Å²) in [5.41, 5.74) is 0. The topological polar surface area (TPSA) is 53.5 Å². The number of nitrogens with one attached hydrogen (secondary N) is 2. The lowest BCUT2D eigenvalue weighted by Gasteiger charge is -2.12. The molecular formula is C11H21N3OS. The van der Waals surface area contributed by atoms with Gasteiger partial charge in [0.2, 0.25) is 5.91 Å². The third-order valence-electron chi connectivity index (χ3n) is 2.48. The van der Waals surface area contributed by atoms with Crippen molar-refractivity contribution in [3.05, 3.63) is 0 Å². The fourth-order valence-corrected chi connectivity index (χ4v) is 2.63. The molecule has 0 radical (unpaired) electrons. The van der Waals surface area contributed by atoms with Gasteiger partial charge in [0.05, 0.1) is 6.54 Å². The van der Waals surface area contributed by atoms with Gasteiger partial charge in [-0.25, -0.2) is 0 Å². The third-order valence-corrected chi connectivity index (χ3v) is 3.53. The van der Waals surface area contributed by atoms with Crippen molar-refractivity contribution in [3.63, 3.8) is 0 Å². The minimum absolute atomic E-state index is 0.0789. The van der Waals surface area contributed by atoms with Crippen LogP contribution in [0, 0.1) is 5.92 Å². The minimum atomic E-state index is 0.0789.